The molecule has 0 bridgehead atoms. The van der Waals surface area contributed by atoms with Crippen molar-refractivity contribution in [1.29, 1.82) is 0 Å². The van der Waals surface area contributed by atoms with Crippen molar-refractivity contribution in [2.24, 2.45) is 14.1 Å². The van der Waals surface area contributed by atoms with Crippen molar-refractivity contribution in [2.75, 3.05) is 0 Å². The molecular formula is C20H17N2O2+. The van der Waals surface area contributed by atoms with Crippen LogP contribution in [0.4, 0.5) is 0 Å². The first-order chi connectivity index (χ1) is 11.6. The van der Waals surface area contributed by atoms with Gasteiger partial charge in [-0.15, -0.1) is 0 Å². The molecule has 0 amide bonds. The summed E-state index contributed by atoms with van der Waals surface area (Å²) in [5.41, 5.74) is 2.11. The van der Waals surface area contributed by atoms with Gasteiger partial charge in [-0.3, -0.25) is 9.59 Å². The van der Waals surface area contributed by atoms with E-state index in [0.717, 1.165) is 29.4 Å². The predicted octanol–water partition coefficient (Wildman–Crippen LogP) is 2.66. The molecule has 0 N–H and O–H groups in total. The molecule has 0 aliphatic heterocycles. The molecule has 5 rings (SSSR count). The van der Waals surface area contributed by atoms with Crippen LogP contribution in [0.25, 0.3) is 10.8 Å². The Kier molecular flexibility index (Phi) is 2.51. The molecule has 2 aliphatic carbocycles. The van der Waals surface area contributed by atoms with Crippen LogP contribution >= 0.6 is 0 Å². The minimum atomic E-state index is -0.0460. The summed E-state index contributed by atoms with van der Waals surface area (Å²) >= 11 is 0. The van der Waals surface area contributed by atoms with Crippen molar-refractivity contribution in [1.82, 2.24) is 4.57 Å². The van der Waals surface area contributed by atoms with E-state index in [2.05, 4.69) is 0 Å². The van der Waals surface area contributed by atoms with E-state index < -0.39 is 0 Å². The molecular weight excluding hydrogens is 300 g/mol. The molecule has 0 spiro atoms. The zero-order valence-electron chi connectivity index (χ0n) is 13.7. The molecule has 0 radical (unpaired) electrons. The lowest BCUT2D eigenvalue weighted by Crippen LogP contribution is -2.40. The number of hydrogen-bond acceptors (Lipinski definition) is 2. The van der Waals surface area contributed by atoms with Crippen molar-refractivity contribution in [3.63, 3.8) is 0 Å². The Morgan fingerprint density at radius 1 is 1.00 bits per heavy atom. The van der Waals surface area contributed by atoms with Crippen molar-refractivity contribution < 1.29 is 14.2 Å². The third kappa shape index (κ3) is 1.60. The number of carbonyl (C=O) groups is 2. The van der Waals surface area contributed by atoms with E-state index in [1.165, 1.54) is 0 Å². The SMILES string of the molecule is Cn1c2c([n+](C)c1C1CC1)C(=O)c1cc3ccccc3cc1C2=O. The fourth-order valence-electron chi connectivity index (χ4n) is 4.05. The number of hydrogen-bond donors (Lipinski definition) is 0. The molecule has 1 fully saturated rings. The number of fused-ring (bicyclic) bond motifs is 3. The van der Waals surface area contributed by atoms with Crippen LogP contribution in [0.5, 0.6) is 0 Å². The van der Waals surface area contributed by atoms with E-state index in [1.54, 1.807) is 0 Å². The summed E-state index contributed by atoms with van der Waals surface area (Å²) in [6.07, 6.45) is 2.26. The minimum absolute atomic E-state index is 0.0460. The Labute approximate surface area is 139 Å². The maximum atomic E-state index is 13.1. The minimum Gasteiger partial charge on any atom is -0.284 e. The van der Waals surface area contributed by atoms with Gasteiger partial charge in [-0.1, -0.05) is 24.3 Å². The molecule has 4 nitrogen and oxygen atoms in total. The third-order valence-electron chi connectivity index (χ3n) is 5.33. The number of nitrogens with zero attached hydrogens (tertiary/aromatic N) is 2. The smallest absolute Gasteiger partial charge is 0.260 e. The molecule has 0 saturated heterocycles. The zero-order valence-corrected chi connectivity index (χ0v) is 13.7. The summed E-state index contributed by atoms with van der Waals surface area (Å²) in [6.45, 7) is 0. The summed E-state index contributed by atoms with van der Waals surface area (Å²) in [4.78, 5) is 26.3. The largest absolute Gasteiger partial charge is 0.284 e. The molecule has 3 aromatic rings. The van der Waals surface area contributed by atoms with Crippen LogP contribution in [-0.2, 0) is 14.1 Å². The van der Waals surface area contributed by atoms with Gasteiger partial charge in [0.2, 0.25) is 23.0 Å². The van der Waals surface area contributed by atoms with Crippen molar-refractivity contribution >= 4 is 22.3 Å². The van der Waals surface area contributed by atoms with Crippen molar-refractivity contribution in [2.45, 2.75) is 18.8 Å². The average molecular weight is 317 g/mol. The molecule has 1 saturated carbocycles. The number of rotatable bonds is 1. The molecule has 0 atom stereocenters. The molecule has 24 heavy (non-hydrogen) atoms. The van der Waals surface area contributed by atoms with Gasteiger partial charge in [-0.25, -0.2) is 9.13 Å². The van der Waals surface area contributed by atoms with Gasteiger partial charge in [-0.05, 0) is 35.7 Å². The fraction of sp³-hybridized carbons (Fsp3) is 0.250. The van der Waals surface area contributed by atoms with Gasteiger partial charge < -0.3 is 0 Å². The van der Waals surface area contributed by atoms with Gasteiger partial charge in [0.25, 0.3) is 5.82 Å². The van der Waals surface area contributed by atoms with Crippen LogP contribution in [0.1, 0.15) is 56.7 Å². The number of carbonyl (C=O) groups excluding carboxylic acids is 2. The highest BCUT2D eigenvalue weighted by Gasteiger charge is 2.46. The topological polar surface area (TPSA) is 43.0 Å². The van der Waals surface area contributed by atoms with Gasteiger partial charge in [-0.2, -0.15) is 0 Å². The highest BCUT2D eigenvalue weighted by molar-refractivity contribution is 6.27. The second-order valence-electron chi connectivity index (χ2n) is 6.85. The van der Waals surface area contributed by atoms with Crippen LogP contribution < -0.4 is 4.57 Å². The fourth-order valence-corrected chi connectivity index (χ4v) is 4.05. The lowest BCUT2D eigenvalue weighted by atomic mass is 9.87. The van der Waals surface area contributed by atoms with E-state index in [9.17, 15) is 9.59 Å². The van der Waals surface area contributed by atoms with E-state index in [1.807, 2.05) is 59.6 Å². The molecule has 1 aromatic heterocycles. The number of benzene rings is 2. The summed E-state index contributed by atoms with van der Waals surface area (Å²) in [5, 5.41) is 1.98. The molecule has 0 unspecified atom stereocenters. The van der Waals surface area contributed by atoms with Crippen LogP contribution in [0, 0.1) is 0 Å². The highest BCUT2D eigenvalue weighted by Crippen LogP contribution is 2.40. The third-order valence-corrected chi connectivity index (χ3v) is 5.33. The maximum Gasteiger partial charge on any atom is 0.260 e. The number of imidazole rings is 1. The van der Waals surface area contributed by atoms with Crippen LogP contribution in [0.3, 0.4) is 0 Å². The Hall–Kier alpha value is -2.75. The molecule has 4 heteroatoms. The lowest BCUT2D eigenvalue weighted by molar-refractivity contribution is -0.680. The predicted molar refractivity (Wildman–Crippen MR) is 89.4 cm³/mol. The second kappa shape index (κ2) is 4.41. The summed E-state index contributed by atoms with van der Waals surface area (Å²) < 4.78 is 3.87. The quantitative estimate of drug-likeness (QED) is 0.507. The Balaban J connectivity index is 1.83. The van der Waals surface area contributed by atoms with Gasteiger partial charge in [0.1, 0.15) is 0 Å². The maximum absolute atomic E-state index is 13.1. The molecule has 2 aliphatic rings. The van der Waals surface area contributed by atoms with Gasteiger partial charge in [0, 0.05) is 11.1 Å². The van der Waals surface area contributed by atoms with Crippen molar-refractivity contribution in [3.05, 3.63) is 64.7 Å². The van der Waals surface area contributed by atoms with Crippen LogP contribution in [0.15, 0.2) is 36.4 Å². The van der Waals surface area contributed by atoms with Crippen LogP contribution in [-0.4, -0.2) is 16.1 Å². The molecule has 2 aromatic carbocycles. The van der Waals surface area contributed by atoms with E-state index in [-0.39, 0.29) is 11.6 Å². The van der Waals surface area contributed by atoms with Gasteiger partial charge in [0.15, 0.2) is 0 Å². The zero-order chi connectivity index (χ0) is 16.6. The Morgan fingerprint density at radius 2 is 1.58 bits per heavy atom. The molecule has 1 heterocycles. The van der Waals surface area contributed by atoms with Crippen LogP contribution in [0.2, 0.25) is 0 Å². The summed E-state index contributed by atoms with van der Waals surface area (Å²) in [5.74, 6) is 1.46. The van der Waals surface area contributed by atoms with Gasteiger partial charge >= 0.3 is 0 Å². The first kappa shape index (κ1) is 13.7. The van der Waals surface area contributed by atoms with E-state index in [4.69, 9.17) is 0 Å². The molecule has 118 valence electrons. The number of ketones is 2. The first-order valence-corrected chi connectivity index (χ1v) is 8.28. The van der Waals surface area contributed by atoms with Crippen molar-refractivity contribution in [3.8, 4) is 0 Å². The lowest BCUT2D eigenvalue weighted by Gasteiger charge is -2.13. The highest BCUT2D eigenvalue weighted by atomic mass is 16.1. The average Bonchev–Trinajstić information content (AvgIpc) is 3.37. The first-order valence-electron chi connectivity index (χ1n) is 8.28. The number of aromatic nitrogens is 2. The summed E-state index contributed by atoms with van der Waals surface area (Å²) in [7, 11) is 3.81. The van der Waals surface area contributed by atoms with E-state index in [0.29, 0.717) is 28.4 Å². The standard InChI is InChI=1S/C20H17N2O2/c1-21-16-17(22(2)20(21)11-7-8-11)19(24)15-10-13-6-4-3-5-12(13)9-14(15)18(16)23/h3-6,9-11H,7-8H2,1-2H3/q+1. The Bertz CT molecular complexity index is 993. The van der Waals surface area contributed by atoms with Gasteiger partial charge in [0.05, 0.1) is 20.0 Å². The normalized spacial score (nSPS) is 16.4. The summed E-state index contributed by atoms with van der Waals surface area (Å²) in [6, 6.07) is 11.6. The second-order valence-corrected chi connectivity index (χ2v) is 6.85. The monoisotopic (exact) mass is 317 g/mol. The Morgan fingerprint density at radius 3 is 2.17 bits per heavy atom. The van der Waals surface area contributed by atoms with E-state index >= 15 is 0 Å².